The summed E-state index contributed by atoms with van der Waals surface area (Å²) in [5.41, 5.74) is 1.02. The summed E-state index contributed by atoms with van der Waals surface area (Å²) in [5.74, 6) is 0. The molecule has 0 aliphatic heterocycles. The van der Waals surface area contributed by atoms with Gasteiger partial charge in [-0.3, -0.25) is 9.98 Å². The van der Waals surface area contributed by atoms with Crippen LogP contribution < -0.4 is 0 Å². The van der Waals surface area contributed by atoms with E-state index in [1.807, 2.05) is 20.1 Å². The van der Waals surface area contributed by atoms with E-state index in [1.165, 1.54) is 0 Å². The molecule has 0 fully saturated rings. The van der Waals surface area contributed by atoms with Crippen molar-refractivity contribution < 1.29 is 0 Å². The standard InChI is InChI=1S/C9H18N2/c1-6-10-8(2)7-11-9(3,4)5/h7H,6H2,1-5H3. The van der Waals surface area contributed by atoms with E-state index in [0.717, 1.165) is 12.3 Å². The van der Waals surface area contributed by atoms with Gasteiger partial charge in [0.1, 0.15) is 0 Å². The van der Waals surface area contributed by atoms with Crippen molar-refractivity contribution >= 4 is 11.9 Å². The molecule has 0 rings (SSSR count). The van der Waals surface area contributed by atoms with Crippen LogP contribution in [0.4, 0.5) is 0 Å². The molecule has 0 saturated carbocycles. The molecule has 0 N–H and O–H groups in total. The first-order valence-corrected chi connectivity index (χ1v) is 4.02. The zero-order valence-corrected chi connectivity index (χ0v) is 8.18. The van der Waals surface area contributed by atoms with Gasteiger partial charge in [0, 0.05) is 18.5 Å². The molecule has 0 aromatic rings. The van der Waals surface area contributed by atoms with Crippen molar-refractivity contribution in [3.8, 4) is 0 Å². The van der Waals surface area contributed by atoms with Gasteiger partial charge in [-0.2, -0.15) is 0 Å². The molecular weight excluding hydrogens is 136 g/mol. The first-order valence-electron chi connectivity index (χ1n) is 4.02. The summed E-state index contributed by atoms with van der Waals surface area (Å²) in [6, 6.07) is 0. The van der Waals surface area contributed by atoms with Gasteiger partial charge < -0.3 is 0 Å². The molecule has 0 radical (unpaired) electrons. The van der Waals surface area contributed by atoms with Crippen LogP contribution in [0.25, 0.3) is 0 Å². The molecule has 11 heavy (non-hydrogen) atoms. The minimum absolute atomic E-state index is 0.0184. The summed E-state index contributed by atoms with van der Waals surface area (Å²) in [5, 5.41) is 0. The smallest absolute Gasteiger partial charge is 0.0524 e. The predicted octanol–water partition coefficient (Wildman–Crippen LogP) is 2.34. The highest BCUT2D eigenvalue weighted by Gasteiger charge is 2.04. The van der Waals surface area contributed by atoms with Crippen molar-refractivity contribution in [1.29, 1.82) is 0 Å². The van der Waals surface area contributed by atoms with Crippen LogP contribution in [-0.4, -0.2) is 24.0 Å². The normalized spacial score (nSPS) is 14.5. The topological polar surface area (TPSA) is 24.7 Å². The quantitative estimate of drug-likeness (QED) is 0.545. The number of aliphatic imine (C=N–C) groups is 2. The van der Waals surface area contributed by atoms with Gasteiger partial charge in [0.2, 0.25) is 0 Å². The first-order chi connectivity index (χ1) is 4.95. The third kappa shape index (κ3) is 7.23. The maximum Gasteiger partial charge on any atom is 0.0524 e. The summed E-state index contributed by atoms with van der Waals surface area (Å²) in [6.07, 6.45) is 1.84. The van der Waals surface area contributed by atoms with Crippen LogP contribution in [0.2, 0.25) is 0 Å². The summed E-state index contributed by atoms with van der Waals surface area (Å²) in [4.78, 5) is 8.51. The molecule has 0 aliphatic carbocycles. The highest BCUT2D eigenvalue weighted by Crippen LogP contribution is 2.04. The fourth-order valence-electron chi connectivity index (χ4n) is 0.577. The van der Waals surface area contributed by atoms with E-state index in [1.54, 1.807) is 0 Å². The fourth-order valence-corrected chi connectivity index (χ4v) is 0.577. The second-order valence-electron chi connectivity index (χ2n) is 3.54. The highest BCUT2D eigenvalue weighted by molar-refractivity contribution is 6.29. The molecule has 2 heteroatoms. The fraction of sp³-hybridized carbons (Fsp3) is 0.778. The van der Waals surface area contributed by atoms with Gasteiger partial charge in [0.15, 0.2) is 0 Å². The average Bonchev–Trinajstić information content (AvgIpc) is 1.83. The lowest BCUT2D eigenvalue weighted by atomic mass is 10.1. The molecule has 0 saturated heterocycles. The summed E-state index contributed by atoms with van der Waals surface area (Å²) >= 11 is 0. The first kappa shape index (κ1) is 10.3. The molecule has 0 bridgehead atoms. The Labute approximate surface area is 69.4 Å². The zero-order valence-electron chi connectivity index (χ0n) is 8.18. The van der Waals surface area contributed by atoms with Gasteiger partial charge in [-0.05, 0) is 34.6 Å². The number of nitrogens with zero attached hydrogens (tertiary/aromatic N) is 2. The molecule has 0 spiro atoms. The molecule has 0 aliphatic rings. The van der Waals surface area contributed by atoms with E-state index in [4.69, 9.17) is 0 Å². The number of rotatable bonds is 2. The molecular formula is C9H18N2. The van der Waals surface area contributed by atoms with Gasteiger partial charge in [0.05, 0.1) is 5.54 Å². The van der Waals surface area contributed by atoms with Crippen LogP contribution >= 0.6 is 0 Å². The number of hydrogen-bond donors (Lipinski definition) is 0. The molecule has 0 atom stereocenters. The highest BCUT2D eigenvalue weighted by atomic mass is 14.8. The zero-order chi connectivity index (χ0) is 8.91. The molecule has 2 nitrogen and oxygen atoms in total. The van der Waals surface area contributed by atoms with Gasteiger partial charge in [-0.25, -0.2) is 0 Å². The molecule has 0 amide bonds. The van der Waals surface area contributed by atoms with Crippen LogP contribution in [0.15, 0.2) is 9.98 Å². The minimum atomic E-state index is 0.0184. The van der Waals surface area contributed by atoms with E-state index in [2.05, 4.69) is 30.8 Å². The van der Waals surface area contributed by atoms with Gasteiger partial charge in [-0.1, -0.05) is 0 Å². The Morgan fingerprint density at radius 3 is 2.27 bits per heavy atom. The Balaban J connectivity index is 4.03. The Morgan fingerprint density at radius 1 is 1.36 bits per heavy atom. The van der Waals surface area contributed by atoms with E-state index < -0.39 is 0 Å². The molecule has 0 aromatic carbocycles. The SMILES string of the molecule is CCN=C(C)C=NC(C)(C)C. The monoisotopic (exact) mass is 154 g/mol. The van der Waals surface area contributed by atoms with Gasteiger partial charge in [-0.15, -0.1) is 0 Å². The van der Waals surface area contributed by atoms with Crippen LogP contribution in [0, 0.1) is 0 Å². The Bertz CT molecular complexity index is 161. The Hall–Kier alpha value is -0.660. The van der Waals surface area contributed by atoms with Crippen molar-refractivity contribution in [3.05, 3.63) is 0 Å². The van der Waals surface area contributed by atoms with Crippen molar-refractivity contribution in [2.24, 2.45) is 9.98 Å². The van der Waals surface area contributed by atoms with E-state index in [0.29, 0.717) is 0 Å². The lowest BCUT2D eigenvalue weighted by Gasteiger charge is -2.10. The summed E-state index contributed by atoms with van der Waals surface area (Å²) in [6.45, 7) is 11.0. The van der Waals surface area contributed by atoms with E-state index in [-0.39, 0.29) is 5.54 Å². The van der Waals surface area contributed by atoms with Crippen LogP contribution in [0.5, 0.6) is 0 Å². The molecule has 0 unspecified atom stereocenters. The third-order valence-corrected chi connectivity index (χ3v) is 1.05. The average molecular weight is 154 g/mol. The summed E-state index contributed by atoms with van der Waals surface area (Å²) < 4.78 is 0. The second kappa shape index (κ2) is 4.27. The lowest BCUT2D eigenvalue weighted by molar-refractivity contribution is 0.587. The van der Waals surface area contributed by atoms with Gasteiger partial charge in [0.25, 0.3) is 0 Å². The molecule has 0 aromatic heterocycles. The molecule has 64 valence electrons. The largest absolute Gasteiger partial charge is 0.289 e. The van der Waals surface area contributed by atoms with Crippen molar-refractivity contribution in [2.75, 3.05) is 6.54 Å². The van der Waals surface area contributed by atoms with Crippen LogP contribution in [0.1, 0.15) is 34.6 Å². The Morgan fingerprint density at radius 2 is 1.91 bits per heavy atom. The van der Waals surface area contributed by atoms with E-state index in [9.17, 15) is 0 Å². The van der Waals surface area contributed by atoms with Crippen molar-refractivity contribution in [1.82, 2.24) is 0 Å². The second-order valence-corrected chi connectivity index (χ2v) is 3.54. The van der Waals surface area contributed by atoms with E-state index >= 15 is 0 Å². The minimum Gasteiger partial charge on any atom is -0.289 e. The summed E-state index contributed by atoms with van der Waals surface area (Å²) in [7, 11) is 0. The number of hydrogen-bond acceptors (Lipinski definition) is 2. The van der Waals surface area contributed by atoms with Crippen molar-refractivity contribution in [2.45, 2.75) is 40.2 Å². The maximum atomic E-state index is 4.32. The Kier molecular flexibility index (Phi) is 4.01. The lowest BCUT2D eigenvalue weighted by Crippen LogP contribution is -2.11. The van der Waals surface area contributed by atoms with Crippen molar-refractivity contribution in [3.63, 3.8) is 0 Å². The van der Waals surface area contributed by atoms with Crippen LogP contribution in [0.3, 0.4) is 0 Å². The predicted molar refractivity (Wildman–Crippen MR) is 51.9 cm³/mol. The third-order valence-electron chi connectivity index (χ3n) is 1.05. The van der Waals surface area contributed by atoms with Crippen LogP contribution in [-0.2, 0) is 0 Å². The molecule has 0 heterocycles. The van der Waals surface area contributed by atoms with Gasteiger partial charge >= 0.3 is 0 Å². The maximum absolute atomic E-state index is 4.32.